The van der Waals surface area contributed by atoms with Crippen LogP contribution in [0.2, 0.25) is 10.0 Å². The largest absolute Gasteiger partial charge is 0.478 e. The fourth-order valence-electron chi connectivity index (χ4n) is 3.00. The number of hydrogen-bond donors (Lipinski definition) is 1. The van der Waals surface area contributed by atoms with Gasteiger partial charge in [0.15, 0.2) is 17.7 Å². The molecule has 0 fully saturated rings. The van der Waals surface area contributed by atoms with Gasteiger partial charge >= 0.3 is 0 Å². The molecular weight excluding hydrogens is 438 g/mol. The molecule has 1 unspecified atom stereocenters. The number of pyridine rings is 1. The number of nitrogens with zero attached hydrogens (tertiary/aromatic N) is 1. The molecule has 4 aromatic rings. The first-order valence-corrected chi connectivity index (χ1v) is 9.99. The third kappa shape index (κ3) is 3.46. The Kier molecular flexibility index (Phi) is 5.21. The molecule has 4 rings (SSSR count). The lowest BCUT2D eigenvalue weighted by Gasteiger charge is -2.18. The highest BCUT2D eigenvalue weighted by atomic mass is 35.5. The van der Waals surface area contributed by atoms with Gasteiger partial charge in [0.25, 0.3) is 0 Å². The number of thiophene rings is 1. The number of furan rings is 1. The summed E-state index contributed by atoms with van der Waals surface area (Å²) in [6, 6.07) is 6.14. The van der Waals surface area contributed by atoms with Gasteiger partial charge in [0.05, 0.1) is 15.3 Å². The molecule has 3 heterocycles. The third-order valence-corrected chi connectivity index (χ3v) is 6.15. The normalized spacial score (nSPS) is 12.3. The molecule has 9 heteroatoms. The molecule has 1 atom stereocenters. The average molecular weight is 451 g/mol. The van der Waals surface area contributed by atoms with Crippen LogP contribution < -0.4 is 10.5 Å². The zero-order valence-electron chi connectivity index (χ0n) is 14.9. The van der Waals surface area contributed by atoms with Gasteiger partial charge < -0.3 is 14.9 Å². The standard InChI is InChI=1S/C20H13Cl2FN2O3S/c1-9(16-13(21)3-4-14(23)17(16)22)28-19-18-11(6-25-20(19)24)12(8-27-18)15-5-2-10(7-26)29-15/h2-9H,1H3,(H2,24,25). The smallest absolute Gasteiger partial charge is 0.205 e. The predicted octanol–water partition coefficient (Wildman–Crippen LogP) is 6.54. The van der Waals surface area contributed by atoms with Gasteiger partial charge in [0.2, 0.25) is 5.75 Å². The molecule has 1 aromatic carbocycles. The number of nitrogens with two attached hydrogens (primary N) is 1. The minimum Gasteiger partial charge on any atom is -0.478 e. The van der Waals surface area contributed by atoms with Gasteiger partial charge in [0.1, 0.15) is 18.2 Å². The van der Waals surface area contributed by atoms with Crippen molar-refractivity contribution in [1.29, 1.82) is 0 Å². The molecule has 0 aliphatic carbocycles. The minimum atomic E-state index is -0.725. The highest BCUT2D eigenvalue weighted by molar-refractivity contribution is 7.17. The van der Waals surface area contributed by atoms with Gasteiger partial charge in [-0.1, -0.05) is 23.2 Å². The van der Waals surface area contributed by atoms with Crippen molar-refractivity contribution in [3.63, 3.8) is 0 Å². The number of halogens is 3. The Morgan fingerprint density at radius 3 is 2.83 bits per heavy atom. The van der Waals surface area contributed by atoms with Crippen molar-refractivity contribution in [3.05, 3.63) is 63.0 Å². The van der Waals surface area contributed by atoms with E-state index in [9.17, 15) is 9.18 Å². The molecule has 0 saturated heterocycles. The van der Waals surface area contributed by atoms with Gasteiger partial charge in [-0.05, 0) is 31.2 Å². The first-order chi connectivity index (χ1) is 13.9. The monoisotopic (exact) mass is 450 g/mol. The molecule has 0 radical (unpaired) electrons. The molecule has 2 N–H and O–H groups in total. The Bertz CT molecular complexity index is 1240. The number of fused-ring (bicyclic) bond motifs is 1. The molecule has 29 heavy (non-hydrogen) atoms. The van der Waals surface area contributed by atoms with E-state index in [1.165, 1.54) is 23.5 Å². The third-order valence-electron chi connectivity index (χ3n) is 4.39. The lowest BCUT2D eigenvalue weighted by Crippen LogP contribution is -2.08. The van der Waals surface area contributed by atoms with Crippen molar-refractivity contribution < 1.29 is 18.3 Å². The quantitative estimate of drug-likeness (QED) is 0.276. The SMILES string of the molecule is CC(Oc1c(N)ncc2c(-c3ccc(C=O)s3)coc12)c1c(Cl)ccc(F)c1Cl. The zero-order chi connectivity index (χ0) is 20.7. The molecular formula is C20H13Cl2FN2O3S. The second-order valence-electron chi connectivity index (χ2n) is 6.20. The van der Waals surface area contributed by atoms with Gasteiger partial charge in [-0.15, -0.1) is 11.3 Å². The van der Waals surface area contributed by atoms with Crippen LogP contribution in [0.1, 0.15) is 28.3 Å². The maximum absolute atomic E-state index is 13.9. The zero-order valence-corrected chi connectivity index (χ0v) is 17.2. The van der Waals surface area contributed by atoms with E-state index in [4.69, 9.17) is 38.1 Å². The van der Waals surface area contributed by atoms with E-state index < -0.39 is 11.9 Å². The Morgan fingerprint density at radius 1 is 1.31 bits per heavy atom. The van der Waals surface area contributed by atoms with E-state index in [1.807, 2.05) is 6.07 Å². The summed E-state index contributed by atoms with van der Waals surface area (Å²) in [7, 11) is 0. The van der Waals surface area contributed by atoms with Crippen LogP contribution in [0.3, 0.4) is 0 Å². The Morgan fingerprint density at radius 2 is 2.10 bits per heavy atom. The fraction of sp³-hybridized carbons (Fsp3) is 0.100. The van der Waals surface area contributed by atoms with E-state index in [1.54, 1.807) is 25.5 Å². The Labute approximate surface area is 178 Å². The molecule has 0 aliphatic rings. The van der Waals surface area contributed by atoms with Crippen molar-refractivity contribution >= 4 is 57.6 Å². The van der Waals surface area contributed by atoms with Crippen LogP contribution in [-0.2, 0) is 0 Å². The van der Waals surface area contributed by atoms with E-state index in [0.717, 1.165) is 16.7 Å². The molecule has 5 nitrogen and oxygen atoms in total. The Hall–Kier alpha value is -2.61. The maximum Gasteiger partial charge on any atom is 0.205 e. The fourth-order valence-corrected chi connectivity index (χ4v) is 4.52. The lowest BCUT2D eigenvalue weighted by molar-refractivity contribution is 0.112. The summed E-state index contributed by atoms with van der Waals surface area (Å²) >= 11 is 13.6. The van der Waals surface area contributed by atoms with Crippen molar-refractivity contribution in [3.8, 4) is 16.2 Å². The summed E-state index contributed by atoms with van der Waals surface area (Å²) in [6.07, 6.45) is 3.18. The summed E-state index contributed by atoms with van der Waals surface area (Å²) in [5.41, 5.74) is 7.44. The summed E-state index contributed by atoms with van der Waals surface area (Å²) in [6.45, 7) is 1.67. The number of carbonyl (C=O) groups is 1. The van der Waals surface area contributed by atoms with Crippen molar-refractivity contribution in [2.24, 2.45) is 0 Å². The van der Waals surface area contributed by atoms with Gasteiger partial charge in [-0.2, -0.15) is 0 Å². The summed E-state index contributed by atoms with van der Waals surface area (Å²) in [5.74, 6) is -0.298. The predicted molar refractivity (Wildman–Crippen MR) is 113 cm³/mol. The Balaban J connectivity index is 1.77. The maximum atomic E-state index is 13.9. The highest BCUT2D eigenvalue weighted by Crippen LogP contribution is 2.42. The first kappa shape index (κ1) is 19.7. The summed E-state index contributed by atoms with van der Waals surface area (Å²) in [4.78, 5) is 16.6. The molecule has 3 aromatic heterocycles. The lowest BCUT2D eigenvalue weighted by atomic mass is 10.1. The van der Waals surface area contributed by atoms with Crippen LogP contribution in [0.5, 0.6) is 5.75 Å². The number of carbonyl (C=O) groups excluding carboxylic acids is 1. The number of ether oxygens (including phenoxy) is 1. The van der Waals surface area contributed by atoms with E-state index >= 15 is 0 Å². The number of hydrogen-bond acceptors (Lipinski definition) is 6. The number of benzene rings is 1. The van der Waals surface area contributed by atoms with Crippen molar-refractivity contribution in [2.75, 3.05) is 5.73 Å². The van der Waals surface area contributed by atoms with E-state index in [2.05, 4.69) is 4.98 Å². The van der Waals surface area contributed by atoms with Gasteiger partial charge in [-0.3, -0.25) is 4.79 Å². The number of aldehydes is 1. The number of rotatable bonds is 5. The summed E-state index contributed by atoms with van der Waals surface area (Å²) < 4.78 is 25.6. The molecule has 0 spiro atoms. The molecule has 0 saturated carbocycles. The second-order valence-corrected chi connectivity index (χ2v) is 8.10. The number of anilines is 1. The average Bonchev–Trinajstić information content (AvgIpc) is 3.34. The van der Waals surface area contributed by atoms with Gasteiger partial charge in [-0.25, -0.2) is 9.37 Å². The van der Waals surface area contributed by atoms with Crippen LogP contribution in [0.4, 0.5) is 10.2 Å². The van der Waals surface area contributed by atoms with Crippen LogP contribution in [0, 0.1) is 5.82 Å². The molecule has 0 aliphatic heterocycles. The van der Waals surface area contributed by atoms with Crippen LogP contribution >= 0.6 is 34.5 Å². The van der Waals surface area contributed by atoms with Gasteiger partial charge in [0, 0.05) is 27.2 Å². The minimum absolute atomic E-state index is 0.105. The van der Waals surface area contributed by atoms with Crippen molar-refractivity contribution in [1.82, 2.24) is 4.98 Å². The topological polar surface area (TPSA) is 78.4 Å². The van der Waals surface area contributed by atoms with Crippen LogP contribution in [0.25, 0.3) is 21.4 Å². The molecule has 0 bridgehead atoms. The van der Waals surface area contributed by atoms with E-state index in [0.29, 0.717) is 21.4 Å². The van der Waals surface area contributed by atoms with Crippen LogP contribution in [0.15, 0.2) is 41.1 Å². The molecule has 148 valence electrons. The molecule has 0 amide bonds. The first-order valence-electron chi connectivity index (χ1n) is 8.41. The highest BCUT2D eigenvalue weighted by Gasteiger charge is 2.23. The summed E-state index contributed by atoms with van der Waals surface area (Å²) in [5, 5.41) is 0.809. The van der Waals surface area contributed by atoms with Crippen molar-refractivity contribution in [2.45, 2.75) is 13.0 Å². The second kappa shape index (κ2) is 7.67. The number of aromatic nitrogens is 1. The van der Waals surface area contributed by atoms with Crippen LogP contribution in [-0.4, -0.2) is 11.3 Å². The van der Waals surface area contributed by atoms with E-state index in [-0.39, 0.29) is 21.6 Å². The number of nitrogen functional groups attached to an aromatic ring is 1.